The van der Waals surface area contributed by atoms with Crippen molar-refractivity contribution >= 4 is 12.1 Å². The van der Waals surface area contributed by atoms with E-state index in [2.05, 4.69) is 39.8 Å². The smallest absolute Gasteiger partial charge is 0.408 e. The van der Waals surface area contributed by atoms with Crippen LogP contribution < -0.4 is 16.0 Å². The molecule has 1 saturated carbocycles. The van der Waals surface area contributed by atoms with Crippen molar-refractivity contribution in [3.05, 3.63) is 0 Å². The first kappa shape index (κ1) is 21.5. The third-order valence-electron chi connectivity index (χ3n) is 4.14. The summed E-state index contributed by atoms with van der Waals surface area (Å²) in [5, 5.41) is 9.50. The third kappa shape index (κ3) is 8.95. The van der Waals surface area contributed by atoms with E-state index >= 15 is 0 Å². The predicted molar refractivity (Wildman–Crippen MR) is 103 cm³/mol. The van der Waals surface area contributed by atoms with Gasteiger partial charge >= 0.3 is 6.09 Å². The van der Waals surface area contributed by atoms with Gasteiger partial charge in [-0.3, -0.25) is 9.89 Å². The normalized spacial score (nSPS) is 17.2. The molecule has 7 heteroatoms. The van der Waals surface area contributed by atoms with E-state index < -0.39 is 17.2 Å². The number of ether oxygens (including phenoxy) is 1. The highest BCUT2D eigenvalue weighted by atomic mass is 16.6. The van der Waals surface area contributed by atoms with Crippen LogP contribution in [0.5, 0.6) is 0 Å². The number of aliphatic imine (C=N–C) groups is 1. The van der Waals surface area contributed by atoms with Crippen LogP contribution in [0.1, 0.15) is 54.4 Å². The van der Waals surface area contributed by atoms with E-state index in [1.54, 1.807) is 7.05 Å². The number of rotatable bonds is 7. The molecule has 7 nitrogen and oxygen atoms in total. The minimum Gasteiger partial charge on any atom is -0.444 e. The molecule has 0 aromatic carbocycles. The first-order chi connectivity index (χ1) is 11.4. The van der Waals surface area contributed by atoms with Crippen molar-refractivity contribution in [2.45, 2.75) is 77.6 Å². The maximum absolute atomic E-state index is 11.9. The highest BCUT2D eigenvalue weighted by molar-refractivity contribution is 5.79. The summed E-state index contributed by atoms with van der Waals surface area (Å²) in [7, 11) is 3.92. The summed E-state index contributed by atoms with van der Waals surface area (Å²) >= 11 is 0. The van der Waals surface area contributed by atoms with Crippen molar-refractivity contribution in [2.75, 3.05) is 27.2 Å². The van der Waals surface area contributed by atoms with Gasteiger partial charge in [-0.05, 0) is 61.4 Å². The highest BCUT2D eigenvalue weighted by Crippen LogP contribution is 2.26. The van der Waals surface area contributed by atoms with E-state index in [0.717, 1.165) is 18.5 Å². The zero-order chi connectivity index (χ0) is 19.3. The molecule has 1 atom stereocenters. The lowest BCUT2D eigenvalue weighted by Gasteiger charge is -2.30. The average Bonchev–Trinajstić information content (AvgIpc) is 3.28. The molecule has 1 aliphatic rings. The molecule has 0 aliphatic heterocycles. The lowest BCUT2D eigenvalue weighted by atomic mass is 10.1. The van der Waals surface area contributed by atoms with Crippen LogP contribution in [0.4, 0.5) is 4.79 Å². The molecule has 146 valence electrons. The fourth-order valence-corrected chi connectivity index (χ4v) is 2.38. The van der Waals surface area contributed by atoms with E-state index in [0.29, 0.717) is 12.6 Å². The van der Waals surface area contributed by atoms with Gasteiger partial charge in [0.1, 0.15) is 5.60 Å². The minimum atomic E-state index is -0.505. The number of alkyl carbamates (subject to hydrolysis) is 1. The maximum Gasteiger partial charge on any atom is 0.408 e. The van der Waals surface area contributed by atoms with Gasteiger partial charge in [-0.15, -0.1) is 0 Å². The maximum atomic E-state index is 11.9. The average molecular weight is 356 g/mol. The second kappa shape index (κ2) is 8.74. The molecule has 3 N–H and O–H groups in total. The molecule has 0 aromatic rings. The second-order valence-corrected chi connectivity index (χ2v) is 8.56. The molecule has 0 heterocycles. The number of hydrogen-bond donors (Lipinski definition) is 3. The van der Waals surface area contributed by atoms with Gasteiger partial charge in [-0.2, -0.15) is 0 Å². The Morgan fingerprint density at radius 2 is 1.84 bits per heavy atom. The van der Waals surface area contributed by atoms with Gasteiger partial charge in [-0.1, -0.05) is 0 Å². The van der Waals surface area contributed by atoms with Gasteiger partial charge in [0, 0.05) is 32.2 Å². The van der Waals surface area contributed by atoms with Crippen LogP contribution in [-0.2, 0) is 4.74 Å². The van der Waals surface area contributed by atoms with Gasteiger partial charge < -0.3 is 20.7 Å². The Labute approximate surface area is 153 Å². The Kier molecular flexibility index (Phi) is 7.53. The summed E-state index contributed by atoms with van der Waals surface area (Å²) in [6.45, 7) is 13.0. The molecule has 1 amide bonds. The number of hydrogen-bond acceptors (Lipinski definition) is 4. The molecule has 25 heavy (non-hydrogen) atoms. The van der Waals surface area contributed by atoms with Crippen LogP contribution in [0, 0.1) is 0 Å². The van der Waals surface area contributed by atoms with Crippen molar-refractivity contribution < 1.29 is 9.53 Å². The molecule has 1 rings (SSSR count). The van der Waals surface area contributed by atoms with Crippen molar-refractivity contribution in [3.8, 4) is 0 Å². The summed E-state index contributed by atoms with van der Waals surface area (Å²) in [4.78, 5) is 18.6. The summed E-state index contributed by atoms with van der Waals surface area (Å²) in [6.07, 6.45) is 2.19. The lowest BCUT2D eigenvalue weighted by molar-refractivity contribution is 0.0474. The van der Waals surface area contributed by atoms with Crippen LogP contribution in [0.2, 0.25) is 0 Å². The number of guanidine groups is 1. The third-order valence-corrected chi connectivity index (χ3v) is 4.14. The van der Waals surface area contributed by atoms with Gasteiger partial charge in [0.25, 0.3) is 0 Å². The molecular weight excluding hydrogens is 318 g/mol. The standard InChI is InChI=1S/C18H37N5O2/c1-13(23(8)14-9-10-14)11-20-15(19-7)21-12-18(5,6)22-16(24)25-17(2,3)4/h13-14H,9-12H2,1-8H3,(H,22,24)(H2,19,20,21). The molecule has 0 saturated heterocycles. The van der Waals surface area contributed by atoms with Crippen molar-refractivity contribution in [1.82, 2.24) is 20.9 Å². The van der Waals surface area contributed by atoms with E-state index in [1.165, 1.54) is 12.8 Å². The Morgan fingerprint density at radius 3 is 2.32 bits per heavy atom. The van der Waals surface area contributed by atoms with Crippen molar-refractivity contribution in [3.63, 3.8) is 0 Å². The topological polar surface area (TPSA) is 78.0 Å². The minimum absolute atomic E-state index is 0.415. The Balaban J connectivity index is 2.37. The lowest BCUT2D eigenvalue weighted by Crippen LogP contribution is -2.55. The second-order valence-electron chi connectivity index (χ2n) is 8.56. The summed E-state index contributed by atoms with van der Waals surface area (Å²) < 4.78 is 5.31. The largest absolute Gasteiger partial charge is 0.444 e. The number of amides is 1. The molecule has 0 radical (unpaired) electrons. The number of carbonyl (C=O) groups excluding carboxylic acids is 1. The van der Waals surface area contributed by atoms with E-state index in [1.807, 2.05) is 34.6 Å². The molecule has 0 bridgehead atoms. The monoisotopic (exact) mass is 355 g/mol. The Morgan fingerprint density at radius 1 is 1.24 bits per heavy atom. The van der Waals surface area contributed by atoms with Crippen LogP contribution >= 0.6 is 0 Å². The zero-order valence-electron chi connectivity index (χ0n) is 17.2. The quantitative estimate of drug-likeness (QED) is 0.480. The molecule has 1 fully saturated rings. The first-order valence-corrected chi connectivity index (χ1v) is 9.11. The van der Waals surface area contributed by atoms with Crippen LogP contribution in [0.3, 0.4) is 0 Å². The first-order valence-electron chi connectivity index (χ1n) is 9.11. The van der Waals surface area contributed by atoms with Crippen molar-refractivity contribution in [1.29, 1.82) is 0 Å². The van der Waals surface area contributed by atoms with Crippen LogP contribution in [0.25, 0.3) is 0 Å². The van der Waals surface area contributed by atoms with Gasteiger partial charge in [0.05, 0.1) is 5.54 Å². The Bertz CT molecular complexity index is 467. The van der Waals surface area contributed by atoms with E-state index in [-0.39, 0.29) is 0 Å². The molecular formula is C18H37N5O2. The summed E-state index contributed by atoms with van der Waals surface area (Å²) in [5.74, 6) is 0.732. The fraction of sp³-hybridized carbons (Fsp3) is 0.889. The van der Waals surface area contributed by atoms with Crippen LogP contribution in [0.15, 0.2) is 4.99 Å². The SMILES string of the molecule is CN=C(NCC(C)N(C)C1CC1)NCC(C)(C)NC(=O)OC(C)(C)C. The molecule has 0 aromatic heterocycles. The fourth-order valence-electron chi connectivity index (χ4n) is 2.38. The highest BCUT2D eigenvalue weighted by Gasteiger charge is 2.29. The number of likely N-dealkylation sites (N-methyl/N-ethyl adjacent to an activating group) is 1. The zero-order valence-corrected chi connectivity index (χ0v) is 17.2. The van der Waals surface area contributed by atoms with E-state index in [4.69, 9.17) is 4.74 Å². The summed E-state index contributed by atoms with van der Waals surface area (Å²) in [5.41, 5.74) is -0.967. The Hall–Kier alpha value is -1.50. The number of carbonyl (C=O) groups is 1. The molecule has 0 spiro atoms. The summed E-state index contributed by atoms with van der Waals surface area (Å²) in [6, 6.07) is 1.18. The van der Waals surface area contributed by atoms with Gasteiger partial charge in [-0.25, -0.2) is 4.79 Å². The number of nitrogens with zero attached hydrogens (tertiary/aromatic N) is 2. The van der Waals surface area contributed by atoms with Gasteiger partial charge in [0.15, 0.2) is 5.96 Å². The molecule has 1 aliphatic carbocycles. The predicted octanol–water partition coefficient (Wildman–Crippen LogP) is 1.94. The molecule has 1 unspecified atom stereocenters. The van der Waals surface area contributed by atoms with Gasteiger partial charge in [0.2, 0.25) is 0 Å². The van der Waals surface area contributed by atoms with Crippen LogP contribution in [-0.4, -0.2) is 67.4 Å². The van der Waals surface area contributed by atoms with E-state index in [9.17, 15) is 4.79 Å². The number of nitrogens with one attached hydrogen (secondary N) is 3. The van der Waals surface area contributed by atoms with Crippen molar-refractivity contribution in [2.24, 2.45) is 4.99 Å².